The molecule has 0 aliphatic carbocycles. The molecule has 7 nitrogen and oxygen atoms in total. The van der Waals surface area contributed by atoms with Crippen LogP contribution in [0.2, 0.25) is 0 Å². The third kappa shape index (κ3) is 2.24. The highest BCUT2D eigenvalue weighted by molar-refractivity contribution is 6.07. The molecule has 0 bridgehead atoms. The first-order chi connectivity index (χ1) is 12.5. The van der Waals surface area contributed by atoms with Crippen molar-refractivity contribution < 1.29 is 9.59 Å². The molecule has 1 saturated heterocycles. The minimum absolute atomic E-state index is 0.0255. The SMILES string of the molecule is CC1(c2ccccn2)NC(=O)N(Cc2cn3ccccc3c2C#N)C1=O. The Kier molecular flexibility index (Phi) is 3.48. The molecule has 4 rings (SSSR count). The van der Waals surface area contributed by atoms with E-state index >= 15 is 0 Å². The molecular formula is C19H15N5O2. The normalized spacial score (nSPS) is 19.6. The molecule has 1 fully saturated rings. The minimum Gasteiger partial charge on any atom is -0.322 e. The number of aromatic nitrogens is 2. The third-order valence-electron chi connectivity index (χ3n) is 4.65. The molecule has 0 saturated carbocycles. The summed E-state index contributed by atoms with van der Waals surface area (Å²) in [5, 5.41) is 12.2. The number of imide groups is 1. The lowest BCUT2D eigenvalue weighted by Gasteiger charge is -2.20. The van der Waals surface area contributed by atoms with E-state index in [2.05, 4.69) is 16.4 Å². The highest BCUT2D eigenvalue weighted by Gasteiger charge is 2.50. The zero-order chi connectivity index (χ0) is 18.3. The van der Waals surface area contributed by atoms with Crippen molar-refractivity contribution in [1.82, 2.24) is 19.6 Å². The van der Waals surface area contributed by atoms with Crippen LogP contribution >= 0.6 is 0 Å². The smallest absolute Gasteiger partial charge is 0.322 e. The van der Waals surface area contributed by atoms with E-state index in [1.54, 1.807) is 37.5 Å². The fraction of sp³-hybridized carbons (Fsp3) is 0.158. The van der Waals surface area contributed by atoms with E-state index in [0.29, 0.717) is 16.8 Å². The van der Waals surface area contributed by atoms with Gasteiger partial charge in [0.1, 0.15) is 6.07 Å². The summed E-state index contributed by atoms with van der Waals surface area (Å²) in [5.74, 6) is -0.389. The number of hydrogen-bond acceptors (Lipinski definition) is 4. The van der Waals surface area contributed by atoms with E-state index < -0.39 is 11.6 Å². The number of hydrogen-bond donors (Lipinski definition) is 1. The maximum absolute atomic E-state index is 13.0. The first kappa shape index (κ1) is 15.8. The number of nitriles is 1. The summed E-state index contributed by atoms with van der Waals surface area (Å²) in [7, 11) is 0. The molecule has 1 aliphatic rings. The largest absolute Gasteiger partial charge is 0.325 e. The van der Waals surface area contributed by atoms with Crippen molar-refractivity contribution in [3.05, 3.63) is 71.8 Å². The molecule has 0 aromatic carbocycles. The van der Waals surface area contributed by atoms with Gasteiger partial charge in [-0.05, 0) is 31.2 Å². The Hall–Kier alpha value is -3.66. The van der Waals surface area contributed by atoms with Crippen molar-refractivity contribution >= 4 is 17.5 Å². The second kappa shape index (κ2) is 5.70. The first-order valence-corrected chi connectivity index (χ1v) is 8.09. The van der Waals surface area contributed by atoms with E-state index in [9.17, 15) is 14.9 Å². The molecule has 1 unspecified atom stereocenters. The molecule has 1 aliphatic heterocycles. The van der Waals surface area contributed by atoms with Gasteiger partial charge in [-0.25, -0.2) is 4.79 Å². The van der Waals surface area contributed by atoms with Crippen LogP contribution in [-0.4, -0.2) is 26.2 Å². The minimum atomic E-state index is -1.22. The molecule has 0 spiro atoms. The Morgan fingerprint density at radius 2 is 2.04 bits per heavy atom. The lowest BCUT2D eigenvalue weighted by molar-refractivity contribution is -0.131. The second-order valence-corrected chi connectivity index (χ2v) is 6.30. The zero-order valence-electron chi connectivity index (χ0n) is 14.0. The molecule has 7 heteroatoms. The van der Waals surface area contributed by atoms with Crippen LogP contribution in [0.3, 0.4) is 0 Å². The second-order valence-electron chi connectivity index (χ2n) is 6.30. The van der Waals surface area contributed by atoms with Crippen molar-refractivity contribution in [3.63, 3.8) is 0 Å². The topological polar surface area (TPSA) is 90.5 Å². The molecule has 128 valence electrons. The number of carbonyl (C=O) groups excluding carboxylic acids is 2. The van der Waals surface area contributed by atoms with Crippen LogP contribution in [0, 0.1) is 11.3 Å². The van der Waals surface area contributed by atoms with E-state index in [-0.39, 0.29) is 12.5 Å². The predicted molar refractivity (Wildman–Crippen MR) is 92.8 cm³/mol. The fourth-order valence-corrected chi connectivity index (χ4v) is 3.27. The molecule has 3 amide bonds. The standard InChI is InChI=1S/C19H15N5O2/c1-19(16-7-2-4-8-21-16)17(25)24(18(26)22-19)12-13-11-23-9-5-3-6-15(23)14(13)10-20/h2-9,11H,12H2,1H3,(H,22,26). The van der Waals surface area contributed by atoms with Crippen LogP contribution in [0.4, 0.5) is 4.79 Å². The molecule has 4 heterocycles. The van der Waals surface area contributed by atoms with Crippen molar-refractivity contribution in [1.29, 1.82) is 5.26 Å². The van der Waals surface area contributed by atoms with Gasteiger partial charge < -0.3 is 9.72 Å². The molecule has 1 N–H and O–H groups in total. The van der Waals surface area contributed by atoms with Crippen molar-refractivity contribution in [2.45, 2.75) is 19.0 Å². The van der Waals surface area contributed by atoms with Crippen LogP contribution in [0.25, 0.3) is 5.52 Å². The molecule has 3 aromatic rings. The van der Waals surface area contributed by atoms with Gasteiger partial charge in [-0.2, -0.15) is 5.26 Å². The van der Waals surface area contributed by atoms with Gasteiger partial charge in [-0.15, -0.1) is 0 Å². The van der Waals surface area contributed by atoms with Gasteiger partial charge >= 0.3 is 6.03 Å². The van der Waals surface area contributed by atoms with Crippen LogP contribution < -0.4 is 5.32 Å². The number of carbonyl (C=O) groups is 2. The predicted octanol–water partition coefficient (Wildman–Crippen LogP) is 2.17. The van der Waals surface area contributed by atoms with Crippen LogP contribution in [-0.2, 0) is 16.9 Å². The van der Waals surface area contributed by atoms with Crippen LogP contribution in [0.5, 0.6) is 0 Å². The average Bonchev–Trinajstić information content (AvgIpc) is 3.12. The molecular weight excluding hydrogens is 330 g/mol. The maximum Gasteiger partial charge on any atom is 0.325 e. The summed E-state index contributed by atoms with van der Waals surface area (Å²) in [4.78, 5) is 30.8. The lowest BCUT2D eigenvalue weighted by atomic mass is 9.97. The Balaban J connectivity index is 1.71. The third-order valence-corrected chi connectivity index (χ3v) is 4.65. The number of rotatable bonds is 3. The van der Waals surface area contributed by atoms with Gasteiger partial charge in [0, 0.05) is 24.2 Å². The molecule has 26 heavy (non-hydrogen) atoms. The van der Waals surface area contributed by atoms with Gasteiger partial charge in [0.05, 0.1) is 23.3 Å². The van der Waals surface area contributed by atoms with Crippen molar-refractivity contribution in [2.24, 2.45) is 0 Å². The number of nitrogens with one attached hydrogen (secondary N) is 1. The van der Waals surface area contributed by atoms with Crippen LogP contribution in [0.15, 0.2) is 55.0 Å². The molecule has 0 radical (unpaired) electrons. The quantitative estimate of drug-likeness (QED) is 0.737. The summed E-state index contributed by atoms with van der Waals surface area (Å²) in [5.41, 5.74) is 1.07. The highest BCUT2D eigenvalue weighted by Crippen LogP contribution is 2.29. The molecule has 3 aromatic heterocycles. The van der Waals surface area contributed by atoms with Gasteiger partial charge in [-0.3, -0.25) is 14.7 Å². The number of nitrogens with zero attached hydrogens (tertiary/aromatic N) is 4. The monoisotopic (exact) mass is 345 g/mol. The first-order valence-electron chi connectivity index (χ1n) is 8.09. The zero-order valence-corrected chi connectivity index (χ0v) is 14.0. The number of amides is 3. The lowest BCUT2D eigenvalue weighted by Crippen LogP contribution is -2.41. The summed E-state index contributed by atoms with van der Waals surface area (Å²) < 4.78 is 1.81. The number of fused-ring (bicyclic) bond motifs is 1. The van der Waals surface area contributed by atoms with Crippen molar-refractivity contribution in [2.75, 3.05) is 0 Å². The van der Waals surface area contributed by atoms with Crippen molar-refractivity contribution in [3.8, 4) is 6.07 Å². The van der Waals surface area contributed by atoms with E-state index in [4.69, 9.17) is 0 Å². The maximum atomic E-state index is 13.0. The van der Waals surface area contributed by atoms with E-state index in [1.165, 1.54) is 0 Å². The van der Waals surface area contributed by atoms with Gasteiger partial charge in [0.25, 0.3) is 5.91 Å². The highest BCUT2D eigenvalue weighted by atomic mass is 16.2. The summed E-state index contributed by atoms with van der Waals surface area (Å²) in [6.45, 7) is 1.66. The van der Waals surface area contributed by atoms with Gasteiger partial charge in [0.15, 0.2) is 5.54 Å². The van der Waals surface area contributed by atoms with Crippen LogP contribution in [0.1, 0.15) is 23.7 Å². The van der Waals surface area contributed by atoms with E-state index in [1.807, 2.05) is 28.8 Å². The summed E-state index contributed by atoms with van der Waals surface area (Å²) in [6.07, 6.45) is 5.17. The Bertz CT molecular complexity index is 1070. The Morgan fingerprint density at radius 3 is 2.77 bits per heavy atom. The fourth-order valence-electron chi connectivity index (χ4n) is 3.27. The molecule has 1 atom stereocenters. The Labute approximate surface area is 149 Å². The summed E-state index contributed by atoms with van der Waals surface area (Å²) >= 11 is 0. The summed E-state index contributed by atoms with van der Waals surface area (Å²) in [6, 6.07) is 12.4. The number of pyridine rings is 2. The Morgan fingerprint density at radius 1 is 1.23 bits per heavy atom. The van der Waals surface area contributed by atoms with E-state index in [0.717, 1.165) is 10.4 Å². The average molecular weight is 345 g/mol. The number of urea groups is 1. The van der Waals surface area contributed by atoms with Gasteiger partial charge in [-0.1, -0.05) is 12.1 Å². The van der Waals surface area contributed by atoms with Gasteiger partial charge in [0.2, 0.25) is 0 Å².